The Morgan fingerprint density at radius 3 is 2.53 bits per heavy atom. The molecule has 1 N–H and O–H groups in total. The number of ketones is 1. The molecule has 10 heteroatoms. The van der Waals surface area contributed by atoms with E-state index in [-0.39, 0.29) is 23.9 Å². The number of methoxy groups -OCH3 is 2. The van der Waals surface area contributed by atoms with E-state index in [0.717, 1.165) is 5.56 Å². The number of hydrogen-bond acceptors (Lipinski definition) is 7. The lowest BCUT2D eigenvalue weighted by Crippen LogP contribution is -2.17. The van der Waals surface area contributed by atoms with Gasteiger partial charge in [0.2, 0.25) is 5.91 Å². The number of benzene rings is 2. The second-order valence-corrected chi connectivity index (χ2v) is 8.28. The molecule has 168 valence electrons. The molecule has 0 radical (unpaired) electrons. The second-order valence-electron chi connectivity index (χ2n) is 6.93. The van der Waals surface area contributed by atoms with Crippen LogP contribution in [-0.4, -0.2) is 46.4 Å². The zero-order chi connectivity index (χ0) is 23.3. The van der Waals surface area contributed by atoms with Crippen LogP contribution in [0.25, 0.3) is 0 Å². The van der Waals surface area contributed by atoms with Crippen LogP contribution in [0.4, 0.5) is 5.69 Å². The summed E-state index contributed by atoms with van der Waals surface area (Å²) in [7, 11) is 4.82. The molecular weight excluding hydrogens is 452 g/mol. The van der Waals surface area contributed by atoms with Gasteiger partial charge in [0.25, 0.3) is 0 Å². The third-order valence-corrected chi connectivity index (χ3v) is 6.16. The average Bonchev–Trinajstić information content (AvgIpc) is 3.13. The Labute approximate surface area is 195 Å². The summed E-state index contributed by atoms with van der Waals surface area (Å²) in [6.07, 6.45) is 0.0409. The number of rotatable bonds is 9. The van der Waals surface area contributed by atoms with Crippen LogP contribution in [0.3, 0.4) is 0 Å². The molecule has 0 aliphatic rings. The molecule has 1 heterocycles. The Morgan fingerprint density at radius 2 is 1.84 bits per heavy atom. The van der Waals surface area contributed by atoms with E-state index >= 15 is 0 Å². The van der Waals surface area contributed by atoms with Crippen molar-refractivity contribution in [1.29, 1.82) is 0 Å². The fourth-order valence-corrected chi connectivity index (χ4v) is 3.87. The number of aromatic nitrogens is 3. The highest BCUT2D eigenvalue weighted by atomic mass is 35.5. The van der Waals surface area contributed by atoms with Gasteiger partial charge in [-0.25, -0.2) is 0 Å². The molecule has 8 nitrogen and oxygen atoms in total. The van der Waals surface area contributed by atoms with Crippen LogP contribution in [0.5, 0.6) is 11.5 Å². The van der Waals surface area contributed by atoms with E-state index in [9.17, 15) is 9.59 Å². The number of carbonyl (C=O) groups is 2. The summed E-state index contributed by atoms with van der Waals surface area (Å²) >= 11 is 7.35. The third-order valence-electron chi connectivity index (χ3n) is 4.74. The molecule has 2 aromatic carbocycles. The molecule has 0 unspecified atom stereocenters. The van der Waals surface area contributed by atoms with Crippen molar-refractivity contribution in [3.05, 3.63) is 58.4 Å². The van der Waals surface area contributed by atoms with Gasteiger partial charge in [-0.1, -0.05) is 29.4 Å². The van der Waals surface area contributed by atoms with E-state index in [2.05, 4.69) is 15.5 Å². The number of amides is 1. The Morgan fingerprint density at radius 1 is 1.09 bits per heavy atom. The van der Waals surface area contributed by atoms with Crippen molar-refractivity contribution in [2.45, 2.75) is 18.5 Å². The van der Waals surface area contributed by atoms with Crippen molar-refractivity contribution >= 4 is 40.7 Å². The molecule has 0 aliphatic carbocycles. The van der Waals surface area contributed by atoms with Crippen LogP contribution in [0.1, 0.15) is 21.7 Å². The second kappa shape index (κ2) is 10.5. The van der Waals surface area contributed by atoms with Gasteiger partial charge in [0.15, 0.2) is 22.4 Å². The van der Waals surface area contributed by atoms with Crippen LogP contribution in [0.15, 0.2) is 41.6 Å². The van der Waals surface area contributed by atoms with Crippen molar-refractivity contribution in [2.24, 2.45) is 7.05 Å². The minimum atomic E-state index is -0.238. The standard InChI is InChI=1S/C22H23ClN4O4S/c1-13-5-7-15(10-16(13)23)24-21(29)11-20-25-26-22(27(20)2)32-12-17(28)14-6-8-18(30-3)19(9-14)31-4/h5-10H,11-12H2,1-4H3,(H,24,29). The molecular formula is C22H23ClN4O4S. The van der Waals surface area contributed by atoms with Crippen molar-refractivity contribution in [1.82, 2.24) is 14.8 Å². The van der Waals surface area contributed by atoms with Gasteiger partial charge >= 0.3 is 0 Å². The van der Waals surface area contributed by atoms with E-state index in [4.69, 9.17) is 21.1 Å². The molecule has 0 saturated carbocycles. The number of hydrogen-bond donors (Lipinski definition) is 1. The van der Waals surface area contributed by atoms with Gasteiger partial charge in [-0.15, -0.1) is 10.2 Å². The molecule has 0 aliphatic heterocycles. The number of anilines is 1. The van der Waals surface area contributed by atoms with Gasteiger partial charge in [0.05, 0.1) is 26.4 Å². The summed E-state index contributed by atoms with van der Waals surface area (Å²) in [5, 5.41) is 12.1. The molecule has 0 saturated heterocycles. The molecule has 0 fully saturated rings. The highest BCUT2D eigenvalue weighted by Gasteiger charge is 2.16. The first kappa shape index (κ1) is 23.6. The molecule has 0 bridgehead atoms. The molecule has 1 aromatic heterocycles. The highest BCUT2D eigenvalue weighted by molar-refractivity contribution is 7.99. The number of Topliss-reactive ketones (excluding diaryl/α,β-unsaturated/α-hetero) is 1. The quantitative estimate of drug-likeness (QED) is 0.370. The van der Waals surface area contributed by atoms with Gasteiger partial charge < -0.3 is 19.4 Å². The average molecular weight is 475 g/mol. The Hall–Kier alpha value is -3.04. The maximum Gasteiger partial charge on any atom is 0.232 e. The van der Waals surface area contributed by atoms with Crippen molar-refractivity contribution in [2.75, 3.05) is 25.3 Å². The lowest BCUT2D eigenvalue weighted by Gasteiger charge is -2.09. The monoisotopic (exact) mass is 474 g/mol. The lowest BCUT2D eigenvalue weighted by atomic mass is 10.1. The number of halogens is 1. The predicted molar refractivity (Wildman–Crippen MR) is 124 cm³/mol. The predicted octanol–water partition coefficient (Wildman–Crippen LogP) is 3.95. The smallest absolute Gasteiger partial charge is 0.232 e. The SMILES string of the molecule is COc1ccc(C(=O)CSc2nnc(CC(=O)Nc3ccc(C)c(Cl)c3)n2C)cc1OC. The molecule has 0 atom stereocenters. The van der Waals surface area contributed by atoms with Gasteiger partial charge in [0.1, 0.15) is 5.82 Å². The zero-order valence-electron chi connectivity index (χ0n) is 18.1. The molecule has 0 spiro atoms. The summed E-state index contributed by atoms with van der Waals surface area (Å²) < 4.78 is 12.1. The van der Waals surface area contributed by atoms with Gasteiger partial charge in [-0.2, -0.15) is 0 Å². The summed E-state index contributed by atoms with van der Waals surface area (Å²) in [5.74, 6) is 1.37. The Kier molecular flexibility index (Phi) is 7.76. The number of thioether (sulfide) groups is 1. The van der Waals surface area contributed by atoms with Crippen LogP contribution in [0.2, 0.25) is 5.02 Å². The summed E-state index contributed by atoms with van der Waals surface area (Å²) in [5.41, 5.74) is 2.05. The Bertz CT molecular complexity index is 1150. The van der Waals surface area contributed by atoms with E-state index in [1.807, 2.05) is 13.0 Å². The normalized spacial score (nSPS) is 10.7. The lowest BCUT2D eigenvalue weighted by molar-refractivity contribution is -0.115. The van der Waals surface area contributed by atoms with E-state index in [1.165, 1.54) is 26.0 Å². The number of ether oxygens (including phenoxy) is 2. The van der Waals surface area contributed by atoms with Crippen LogP contribution in [-0.2, 0) is 18.3 Å². The highest BCUT2D eigenvalue weighted by Crippen LogP contribution is 2.28. The van der Waals surface area contributed by atoms with E-state index in [1.54, 1.807) is 41.9 Å². The Balaban J connectivity index is 1.60. The molecule has 32 heavy (non-hydrogen) atoms. The van der Waals surface area contributed by atoms with Crippen LogP contribution < -0.4 is 14.8 Å². The summed E-state index contributed by atoms with van der Waals surface area (Å²) in [6, 6.07) is 10.4. The minimum Gasteiger partial charge on any atom is -0.493 e. The molecule has 3 rings (SSSR count). The first-order chi connectivity index (χ1) is 15.3. The topological polar surface area (TPSA) is 95.3 Å². The van der Waals surface area contributed by atoms with E-state index in [0.29, 0.717) is 38.8 Å². The zero-order valence-corrected chi connectivity index (χ0v) is 19.7. The number of nitrogens with zero attached hydrogens (tertiary/aromatic N) is 3. The first-order valence-corrected chi connectivity index (χ1v) is 11.0. The van der Waals surface area contributed by atoms with Gasteiger partial charge in [0, 0.05) is 23.3 Å². The fraction of sp³-hybridized carbons (Fsp3) is 0.273. The maximum atomic E-state index is 12.6. The van der Waals surface area contributed by atoms with Crippen molar-refractivity contribution in [3.63, 3.8) is 0 Å². The molecule has 3 aromatic rings. The van der Waals surface area contributed by atoms with Crippen LogP contribution >= 0.6 is 23.4 Å². The van der Waals surface area contributed by atoms with Crippen LogP contribution in [0, 0.1) is 6.92 Å². The summed E-state index contributed by atoms with van der Waals surface area (Å²) in [6.45, 7) is 1.89. The van der Waals surface area contributed by atoms with E-state index < -0.39 is 0 Å². The van der Waals surface area contributed by atoms with Gasteiger partial charge in [-0.05, 0) is 42.8 Å². The third kappa shape index (κ3) is 5.60. The number of aryl methyl sites for hydroxylation is 1. The molecule has 1 amide bonds. The number of nitrogens with one attached hydrogen (secondary N) is 1. The minimum absolute atomic E-state index is 0.0409. The maximum absolute atomic E-state index is 12.6. The first-order valence-electron chi connectivity index (χ1n) is 9.64. The summed E-state index contributed by atoms with van der Waals surface area (Å²) in [4.78, 5) is 25.0. The number of carbonyl (C=O) groups excluding carboxylic acids is 2. The largest absolute Gasteiger partial charge is 0.493 e. The van der Waals surface area contributed by atoms with Crippen molar-refractivity contribution < 1.29 is 19.1 Å². The van der Waals surface area contributed by atoms with Gasteiger partial charge in [-0.3, -0.25) is 9.59 Å². The van der Waals surface area contributed by atoms with Crippen molar-refractivity contribution in [3.8, 4) is 11.5 Å². The fourth-order valence-electron chi connectivity index (χ4n) is 2.87.